The SMILES string of the molecule is CCc1ccc(NC(=O)CSC2=C(C#N)C(c3cccs3)C(C(=O)Nc3ccccc3)=C(C)N2)cc1. The molecule has 0 saturated heterocycles. The Kier molecular flexibility index (Phi) is 8.26. The van der Waals surface area contributed by atoms with Crippen molar-refractivity contribution < 1.29 is 9.59 Å². The maximum atomic E-state index is 13.4. The molecule has 3 aromatic rings. The average Bonchev–Trinajstić information content (AvgIpc) is 3.42. The summed E-state index contributed by atoms with van der Waals surface area (Å²) in [6.07, 6.45) is 0.935. The van der Waals surface area contributed by atoms with Crippen LogP contribution in [0.25, 0.3) is 0 Å². The van der Waals surface area contributed by atoms with Crippen molar-refractivity contribution in [3.05, 3.63) is 104 Å². The van der Waals surface area contributed by atoms with Crippen LogP contribution in [0.4, 0.5) is 11.4 Å². The fourth-order valence-corrected chi connectivity index (χ4v) is 5.68. The molecule has 8 heteroatoms. The summed E-state index contributed by atoms with van der Waals surface area (Å²) in [6.45, 7) is 3.91. The lowest BCUT2D eigenvalue weighted by Gasteiger charge is -2.29. The van der Waals surface area contributed by atoms with E-state index >= 15 is 0 Å². The van der Waals surface area contributed by atoms with Crippen LogP contribution < -0.4 is 16.0 Å². The Hall–Kier alpha value is -3.80. The molecular weight excluding hydrogens is 488 g/mol. The second-order valence-corrected chi connectivity index (χ2v) is 10.1. The lowest BCUT2D eigenvalue weighted by atomic mass is 9.86. The summed E-state index contributed by atoms with van der Waals surface area (Å²) >= 11 is 2.75. The number of allylic oxidation sites excluding steroid dienone is 2. The van der Waals surface area contributed by atoms with Gasteiger partial charge in [0, 0.05) is 27.5 Å². The first-order valence-electron chi connectivity index (χ1n) is 11.5. The largest absolute Gasteiger partial charge is 0.353 e. The van der Waals surface area contributed by atoms with E-state index in [4.69, 9.17) is 0 Å². The van der Waals surface area contributed by atoms with Crippen molar-refractivity contribution in [2.24, 2.45) is 0 Å². The summed E-state index contributed by atoms with van der Waals surface area (Å²) < 4.78 is 0. The number of hydrogen-bond acceptors (Lipinski definition) is 6. The van der Waals surface area contributed by atoms with E-state index in [2.05, 4.69) is 28.9 Å². The predicted molar refractivity (Wildman–Crippen MR) is 148 cm³/mol. The number of amides is 2. The van der Waals surface area contributed by atoms with Gasteiger partial charge in [0.25, 0.3) is 5.91 Å². The number of thiophene rings is 1. The highest BCUT2D eigenvalue weighted by atomic mass is 32.2. The van der Waals surface area contributed by atoms with Gasteiger partial charge in [0.2, 0.25) is 5.91 Å². The van der Waals surface area contributed by atoms with Gasteiger partial charge >= 0.3 is 0 Å². The second kappa shape index (κ2) is 11.8. The number of nitrogens with zero attached hydrogens (tertiary/aromatic N) is 1. The second-order valence-electron chi connectivity index (χ2n) is 8.17. The van der Waals surface area contributed by atoms with E-state index in [1.54, 1.807) is 0 Å². The average molecular weight is 515 g/mol. The maximum absolute atomic E-state index is 13.4. The van der Waals surface area contributed by atoms with Crippen LogP contribution in [-0.4, -0.2) is 17.6 Å². The summed E-state index contributed by atoms with van der Waals surface area (Å²) in [7, 11) is 0. The van der Waals surface area contributed by atoms with Crippen LogP contribution in [0.1, 0.15) is 30.2 Å². The Bertz CT molecular complexity index is 1340. The van der Waals surface area contributed by atoms with E-state index in [1.807, 2.05) is 79.0 Å². The van der Waals surface area contributed by atoms with Gasteiger partial charge in [0.15, 0.2) is 0 Å². The van der Waals surface area contributed by atoms with E-state index in [0.29, 0.717) is 27.6 Å². The molecule has 0 saturated carbocycles. The molecule has 6 nitrogen and oxygen atoms in total. The number of anilines is 2. The molecule has 0 bridgehead atoms. The van der Waals surface area contributed by atoms with Crippen LogP contribution in [0.15, 0.2) is 94.0 Å². The number of nitriles is 1. The molecule has 1 atom stereocenters. The first-order chi connectivity index (χ1) is 17.5. The van der Waals surface area contributed by atoms with E-state index in [0.717, 1.165) is 17.0 Å². The minimum absolute atomic E-state index is 0.124. The van der Waals surface area contributed by atoms with Crippen molar-refractivity contribution in [1.29, 1.82) is 5.26 Å². The lowest BCUT2D eigenvalue weighted by Crippen LogP contribution is -2.30. The van der Waals surface area contributed by atoms with Crippen molar-refractivity contribution in [2.45, 2.75) is 26.2 Å². The van der Waals surface area contributed by atoms with E-state index in [-0.39, 0.29) is 17.6 Å². The highest BCUT2D eigenvalue weighted by molar-refractivity contribution is 8.03. The molecule has 4 rings (SSSR count). The molecule has 2 heterocycles. The fourth-order valence-electron chi connectivity index (χ4n) is 3.95. The number of benzene rings is 2. The zero-order valence-electron chi connectivity index (χ0n) is 20.0. The lowest BCUT2D eigenvalue weighted by molar-refractivity contribution is -0.114. The van der Waals surface area contributed by atoms with Crippen LogP contribution in [0, 0.1) is 11.3 Å². The Morgan fingerprint density at radius 3 is 2.39 bits per heavy atom. The molecule has 0 spiro atoms. The molecule has 1 aliphatic rings. The van der Waals surface area contributed by atoms with Crippen molar-refractivity contribution in [2.75, 3.05) is 16.4 Å². The van der Waals surface area contributed by atoms with Crippen molar-refractivity contribution >= 4 is 46.3 Å². The van der Waals surface area contributed by atoms with Gasteiger partial charge in [-0.25, -0.2) is 0 Å². The third-order valence-corrected chi connectivity index (χ3v) is 7.70. The fraction of sp³-hybridized carbons (Fsp3) is 0.179. The monoisotopic (exact) mass is 514 g/mol. The molecule has 1 aromatic heterocycles. The standard InChI is InChI=1S/C28H26N4O2S2/c1-3-19-11-13-21(14-12-19)31-24(33)17-36-28-22(16-29)26(23-10-7-15-35-23)25(18(2)30-28)27(34)32-20-8-5-4-6-9-20/h4-15,26,30H,3,17H2,1-2H3,(H,31,33)(H,32,34). The zero-order chi connectivity index (χ0) is 25.5. The first-order valence-corrected chi connectivity index (χ1v) is 13.4. The van der Waals surface area contributed by atoms with E-state index < -0.39 is 5.92 Å². The Balaban J connectivity index is 1.55. The smallest absolute Gasteiger partial charge is 0.254 e. The van der Waals surface area contributed by atoms with Gasteiger partial charge in [-0.1, -0.05) is 55.1 Å². The summed E-state index contributed by atoms with van der Waals surface area (Å²) in [6, 6.07) is 23.1. The highest BCUT2D eigenvalue weighted by Crippen LogP contribution is 2.42. The molecule has 36 heavy (non-hydrogen) atoms. The maximum Gasteiger partial charge on any atom is 0.254 e. The Morgan fingerprint density at radius 2 is 1.75 bits per heavy atom. The number of para-hydroxylation sites is 1. The van der Waals surface area contributed by atoms with E-state index in [9.17, 15) is 14.9 Å². The molecule has 3 N–H and O–H groups in total. The molecule has 1 aliphatic heterocycles. The normalized spacial score (nSPS) is 15.2. The zero-order valence-corrected chi connectivity index (χ0v) is 21.6. The van der Waals surface area contributed by atoms with Crippen LogP contribution in [-0.2, 0) is 16.0 Å². The van der Waals surface area contributed by atoms with Crippen molar-refractivity contribution in [1.82, 2.24) is 5.32 Å². The summed E-state index contributed by atoms with van der Waals surface area (Å²) in [4.78, 5) is 26.9. The van der Waals surface area contributed by atoms with Gasteiger partial charge < -0.3 is 16.0 Å². The number of nitrogens with one attached hydrogen (secondary N) is 3. The van der Waals surface area contributed by atoms with Gasteiger partial charge in [0.1, 0.15) is 0 Å². The van der Waals surface area contributed by atoms with Gasteiger partial charge in [-0.2, -0.15) is 5.26 Å². The molecule has 182 valence electrons. The van der Waals surface area contributed by atoms with Gasteiger partial charge in [-0.05, 0) is 54.6 Å². The van der Waals surface area contributed by atoms with Crippen LogP contribution in [0.2, 0.25) is 0 Å². The van der Waals surface area contributed by atoms with Crippen molar-refractivity contribution in [3.8, 4) is 6.07 Å². The third-order valence-electron chi connectivity index (χ3n) is 5.74. The molecule has 0 aliphatic carbocycles. The number of hydrogen-bond donors (Lipinski definition) is 3. The summed E-state index contributed by atoms with van der Waals surface area (Å²) in [5.74, 6) is -0.835. The Labute approximate surface area is 219 Å². The molecular formula is C28H26N4O2S2. The number of thioether (sulfide) groups is 1. The first kappa shape index (κ1) is 25.3. The van der Waals surface area contributed by atoms with Crippen molar-refractivity contribution in [3.63, 3.8) is 0 Å². The number of rotatable bonds is 8. The predicted octanol–water partition coefficient (Wildman–Crippen LogP) is 6.02. The molecule has 2 amide bonds. The summed E-state index contributed by atoms with van der Waals surface area (Å²) in [5.41, 5.74) is 4.18. The van der Waals surface area contributed by atoms with Gasteiger partial charge in [-0.3, -0.25) is 9.59 Å². The number of aryl methyl sites for hydroxylation is 1. The van der Waals surface area contributed by atoms with Crippen LogP contribution in [0.5, 0.6) is 0 Å². The van der Waals surface area contributed by atoms with Crippen LogP contribution in [0.3, 0.4) is 0 Å². The number of carbonyl (C=O) groups excluding carboxylic acids is 2. The van der Waals surface area contributed by atoms with E-state index in [1.165, 1.54) is 28.7 Å². The molecule has 2 aromatic carbocycles. The highest BCUT2D eigenvalue weighted by Gasteiger charge is 2.35. The Morgan fingerprint density at radius 1 is 1.03 bits per heavy atom. The number of dihydropyridines is 1. The van der Waals surface area contributed by atoms with Gasteiger partial charge in [0.05, 0.1) is 28.3 Å². The minimum Gasteiger partial charge on any atom is -0.353 e. The quantitative estimate of drug-likeness (QED) is 0.342. The summed E-state index contributed by atoms with van der Waals surface area (Å²) in [5, 5.41) is 21.7. The topological polar surface area (TPSA) is 94.0 Å². The molecule has 0 fully saturated rings. The minimum atomic E-state index is -0.521. The van der Waals surface area contributed by atoms with Crippen LogP contribution >= 0.6 is 23.1 Å². The van der Waals surface area contributed by atoms with Gasteiger partial charge in [-0.15, -0.1) is 11.3 Å². The molecule has 1 unspecified atom stereocenters. The number of carbonyl (C=O) groups is 2. The third kappa shape index (κ3) is 5.88. The molecule has 0 radical (unpaired) electrons.